The molecule has 0 spiro atoms. The van der Waals surface area contributed by atoms with Gasteiger partial charge in [-0.3, -0.25) is 0 Å². The standard InChI is InChI=1S/C19H28N2/c1-16(2)8-7-9-17(3)12-19-13-20-15-21(19)14-18-10-5-4-6-11-18/h4-6,10-11,13,15-17H,7-9,12,14H2,1-3H3. The Morgan fingerprint density at radius 2 is 1.81 bits per heavy atom. The normalized spacial score (nSPS) is 12.8. The lowest BCUT2D eigenvalue weighted by molar-refractivity contribution is 0.449. The molecule has 0 bridgehead atoms. The van der Waals surface area contributed by atoms with Crippen molar-refractivity contribution < 1.29 is 0 Å². The first-order valence-corrected chi connectivity index (χ1v) is 8.18. The molecule has 0 saturated heterocycles. The minimum absolute atomic E-state index is 0.731. The second-order valence-electron chi connectivity index (χ2n) is 6.63. The van der Waals surface area contributed by atoms with Gasteiger partial charge in [0.2, 0.25) is 0 Å². The molecule has 21 heavy (non-hydrogen) atoms. The third-order valence-electron chi connectivity index (χ3n) is 4.03. The highest BCUT2D eigenvalue weighted by Gasteiger charge is 2.09. The summed E-state index contributed by atoms with van der Waals surface area (Å²) in [6.07, 6.45) is 9.12. The molecule has 2 nitrogen and oxygen atoms in total. The number of imidazole rings is 1. The van der Waals surface area contributed by atoms with Gasteiger partial charge in [-0.1, -0.05) is 70.4 Å². The van der Waals surface area contributed by atoms with Crippen LogP contribution in [0.2, 0.25) is 0 Å². The molecule has 0 N–H and O–H groups in total. The van der Waals surface area contributed by atoms with Crippen LogP contribution >= 0.6 is 0 Å². The number of aromatic nitrogens is 2. The number of nitrogens with zero attached hydrogens (tertiary/aromatic N) is 2. The topological polar surface area (TPSA) is 17.8 Å². The van der Waals surface area contributed by atoms with Gasteiger partial charge in [-0.25, -0.2) is 4.98 Å². The van der Waals surface area contributed by atoms with Crippen molar-refractivity contribution >= 4 is 0 Å². The van der Waals surface area contributed by atoms with Gasteiger partial charge in [0, 0.05) is 18.4 Å². The predicted molar refractivity (Wildman–Crippen MR) is 89.3 cm³/mol. The first kappa shape index (κ1) is 15.8. The zero-order chi connectivity index (χ0) is 15.1. The van der Waals surface area contributed by atoms with Gasteiger partial charge in [0.05, 0.1) is 6.33 Å². The Labute approximate surface area is 129 Å². The van der Waals surface area contributed by atoms with E-state index in [2.05, 4.69) is 60.7 Å². The summed E-state index contributed by atoms with van der Waals surface area (Å²) in [5.74, 6) is 1.55. The van der Waals surface area contributed by atoms with Crippen LogP contribution < -0.4 is 0 Å². The summed E-state index contributed by atoms with van der Waals surface area (Å²) in [6.45, 7) is 7.90. The summed E-state index contributed by atoms with van der Waals surface area (Å²) < 4.78 is 2.29. The SMILES string of the molecule is CC(C)CCCC(C)Cc1cncn1Cc1ccccc1. The Kier molecular flexibility index (Phi) is 6.04. The van der Waals surface area contributed by atoms with E-state index in [-0.39, 0.29) is 0 Å². The van der Waals surface area contributed by atoms with Crippen LogP contribution in [0.3, 0.4) is 0 Å². The average molecular weight is 284 g/mol. The van der Waals surface area contributed by atoms with Crippen LogP contribution in [-0.2, 0) is 13.0 Å². The monoisotopic (exact) mass is 284 g/mol. The van der Waals surface area contributed by atoms with Gasteiger partial charge in [-0.15, -0.1) is 0 Å². The second-order valence-corrected chi connectivity index (χ2v) is 6.63. The van der Waals surface area contributed by atoms with E-state index in [0.29, 0.717) is 0 Å². The number of hydrogen-bond acceptors (Lipinski definition) is 1. The molecule has 0 radical (unpaired) electrons. The van der Waals surface area contributed by atoms with Crippen molar-refractivity contribution in [3.05, 3.63) is 54.1 Å². The lowest BCUT2D eigenvalue weighted by Crippen LogP contribution is -2.08. The summed E-state index contributed by atoms with van der Waals surface area (Å²) >= 11 is 0. The highest BCUT2D eigenvalue weighted by Crippen LogP contribution is 2.17. The molecule has 1 aromatic carbocycles. The lowest BCUT2D eigenvalue weighted by atomic mass is 9.96. The van der Waals surface area contributed by atoms with Crippen molar-refractivity contribution in [2.45, 2.75) is 53.0 Å². The average Bonchev–Trinajstić information content (AvgIpc) is 2.86. The Morgan fingerprint density at radius 3 is 2.52 bits per heavy atom. The molecular weight excluding hydrogens is 256 g/mol. The van der Waals surface area contributed by atoms with Crippen molar-refractivity contribution in [2.24, 2.45) is 11.8 Å². The Balaban J connectivity index is 1.88. The maximum atomic E-state index is 4.34. The van der Waals surface area contributed by atoms with E-state index in [9.17, 15) is 0 Å². The van der Waals surface area contributed by atoms with E-state index in [1.54, 1.807) is 0 Å². The predicted octanol–water partition coefficient (Wildman–Crippen LogP) is 4.94. The lowest BCUT2D eigenvalue weighted by Gasteiger charge is -2.14. The molecular formula is C19H28N2. The summed E-state index contributed by atoms with van der Waals surface area (Å²) in [6, 6.07) is 10.6. The number of rotatable bonds is 8. The molecule has 0 fully saturated rings. The molecule has 2 aromatic rings. The fourth-order valence-electron chi connectivity index (χ4n) is 2.77. The molecule has 0 amide bonds. The van der Waals surface area contributed by atoms with Crippen molar-refractivity contribution in [1.29, 1.82) is 0 Å². The van der Waals surface area contributed by atoms with Crippen LogP contribution in [0, 0.1) is 11.8 Å². The minimum Gasteiger partial charge on any atom is -0.330 e. The third-order valence-corrected chi connectivity index (χ3v) is 4.03. The highest BCUT2D eigenvalue weighted by molar-refractivity contribution is 5.16. The van der Waals surface area contributed by atoms with E-state index in [1.807, 2.05) is 12.5 Å². The minimum atomic E-state index is 0.731. The smallest absolute Gasteiger partial charge is 0.0951 e. The van der Waals surface area contributed by atoms with E-state index < -0.39 is 0 Å². The van der Waals surface area contributed by atoms with Gasteiger partial charge in [-0.2, -0.15) is 0 Å². The van der Waals surface area contributed by atoms with E-state index >= 15 is 0 Å². The molecule has 0 aliphatic carbocycles. The van der Waals surface area contributed by atoms with Gasteiger partial charge in [0.25, 0.3) is 0 Å². The van der Waals surface area contributed by atoms with Crippen molar-refractivity contribution in [3.63, 3.8) is 0 Å². The van der Waals surface area contributed by atoms with Crippen LogP contribution in [0.1, 0.15) is 51.3 Å². The largest absolute Gasteiger partial charge is 0.330 e. The molecule has 1 unspecified atom stereocenters. The van der Waals surface area contributed by atoms with Crippen molar-refractivity contribution in [1.82, 2.24) is 9.55 Å². The van der Waals surface area contributed by atoms with Crippen molar-refractivity contribution in [3.8, 4) is 0 Å². The zero-order valence-corrected chi connectivity index (χ0v) is 13.6. The number of benzene rings is 1. The first-order valence-electron chi connectivity index (χ1n) is 8.18. The van der Waals surface area contributed by atoms with Gasteiger partial charge < -0.3 is 4.57 Å². The molecule has 1 heterocycles. The summed E-state index contributed by atoms with van der Waals surface area (Å²) in [5, 5.41) is 0. The second kappa shape index (κ2) is 8.02. The summed E-state index contributed by atoms with van der Waals surface area (Å²) in [4.78, 5) is 4.34. The van der Waals surface area contributed by atoms with Crippen LogP contribution in [0.5, 0.6) is 0 Å². The van der Waals surface area contributed by atoms with Gasteiger partial charge in [-0.05, 0) is 23.8 Å². The van der Waals surface area contributed by atoms with E-state index in [0.717, 1.165) is 24.8 Å². The molecule has 2 heteroatoms. The molecule has 114 valence electrons. The quantitative estimate of drug-likeness (QED) is 0.671. The van der Waals surface area contributed by atoms with Crippen LogP contribution in [-0.4, -0.2) is 9.55 Å². The van der Waals surface area contributed by atoms with Gasteiger partial charge >= 0.3 is 0 Å². The van der Waals surface area contributed by atoms with E-state index in [4.69, 9.17) is 0 Å². The highest BCUT2D eigenvalue weighted by atomic mass is 15.0. The fraction of sp³-hybridized carbons (Fsp3) is 0.526. The fourth-order valence-corrected chi connectivity index (χ4v) is 2.77. The molecule has 2 rings (SSSR count). The summed E-state index contributed by atoms with van der Waals surface area (Å²) in [5.41, 5.74) is 2.69. The van der Waals surface area contributed by atoms with E-state index in [1.165, 1.54) is 30.5 Å². The maximum Gasteiger partial charge on any atom is 0.0951 e. The number of hydrogen-bond donors (Lipinski definition) is 0. The van der Waals surface area contributed by atoms with Crippen LogP contribution in [0.15, 0.2) is 42.9 Å². The Bertz CT molecular complexity index is 513. The van der Waals surface area contributed by atoms with Crippen LogP contribution in [0.25, 0.3) is 0 Å². The zero-order valence-electron chi connectivity index (χ0n) is 13.6. The van der Waals surface area contributed by atoms with Crippen molar-refractivity contribution in [2.75, 3.05) is 0 Å². The maximum absolute atomic E-state index is 4.34. The van der Waals surface area contributed by atoms with Gasteiger partial charge in [0.1, 0.15) is 0 Å². The first-order chi connectivity index (χ1) is 10.1. The molecule has 0 aliphatic heterocycles. The molecule has 1 aromatic heterocycles. The Morgan fingerprint density at radius 1 is 1.05 bits per heavy atom. The summed E-state index contributed by atoms with van der Waals surface area (Å²) in [7, 11) is 0. The van der Waals surface area contributed by atoms with Crippen LogP contribution in [0.4, 0.5) is 0 Å². The molecule has 0 aliphatic rings. The van der Waals surface area contributed by atoms with Gasteiger partial charge in [0.15, 0.2) is 0 Å². The molecule has 0 saturated carbocycles. The molecule has 1 atom stereocenters. The third kappa shape index (κ3) is 5.37. The Hall–Kier alpha value is -1.57.